The van der Waals surface area contributed by atoms with Gasteiger partial charge in [0.15, 0.2) is 0 Å². The Morgan fingerprint density at radius 1 is 1.07 bits per heavy atom. The van der Waals surface area contributed by atoms with Crippen LogP contribution in [0.1, 0.15) is 42.9 Å². The molecule has 210 valence electrons. The number of thioether (sulfide) groups is 1. The lowest BCUT2D eigenvalue weighted by Gasteiger charge is -2.32. The number of amides is 1. The summed E-state index contributed by atoms with van der Waals surface area (Å²) in [5.41, 5.74) is 4.41. The van der Waals surface area contributed by atoms with E-state index in [4.69, 9.17) is 9.47 Å². The van der Waals surface area contributed by atoms with Crippen LogP contribution >= 0.6 is 11.8 Å². The summed E-state index contributed by atoms with van der Waals surface area (Å²) in [6.07, 6.45) is 4.40. The van der Waals surface area contributed by atoms with Gasteiger partial charge in [-0.05, 0) is 92.7 Å². The molecule has 0 spiro atoms. The number of nitrogens with zero attached hydrogens (tertiary/aromatic N) is 3. The second-order valence-corrected chi connectivity index (χ2v) is 11.6. The highest BCUT2D eigenvalue weighted by atomic mass is 32.2. The molecule has 1 atom stereocenters. The lowest BCUT2D eigenvalue weighted by atomic mass is 9.93. The van der Waals surface area contributed by atoms with Crippen molar-refractivity contribution >= 4 is 23.4 Å². The molecular weight excluding hydrogens is 518 g/mol. The number of ether oxygens (including phenoxy) is 2. The fourth-order valence-electron chi connectivity index (χ4n) is 5.45. The lowest BCUT2D eigenvalue weighted by Crippen LogP contribution is -2.34. The SMILES string of the molecule is COc1cccc(C(C#N)(CCCN(C)CCc2ccc(OC)c3c2CCCN3C(C)=O)Sc2ccccc2)c1. The summed E-state index contributed by atoms with van der Waals surface area (Å²) in [5.74, 6) is 1.58. The molecule has 1 heterocycles. The number of anilines is 1. The Labute approximate surface area is 242 Å². The van der Waals surface area contributed by atoms with E-state index in [-0.39, 0.29) is 5.91 Å². The number of nitriles is 1. The quantitative estimate of drug-likeness (QED) is 0.238. The van der Waals surface area contributed by atoms with E-state index in [0.717, 1.165) is 73.0 Å². The molecule has 40 heavy (non-hydrogen) atoms. The van der Waals surface area contributed by atoms with Crippen molar-refractivity contribution in [2.45, 2.75) is 48.7 Å². The molecule has 0 bridgehead atoms. The van der Waals surface area contributed by atoms with Crippen molar-refractivity contribution < 1.29 is 14.3 Å². The van der Waals surface area contributed by atoms with Crippen LogP contribution in [0.3, 0.4) is 0 Å². The third kappa shape index (κ3) is 6.80. The lowest BCUT2D eigenvalue weighted by molar-refractivity contribution is -0.116. The molecule has 0 radical (unpaired) electrons. The summed E-state index contributed by atoms with van der Waals surface area (Å²) < 4.78 is 10.4. The highest BCUT2D eigenvalue weighted by Gasteiger charge is 2.34. The van der Waals surface area contributed by atoms with Crippen molar-refractivity contribution in [3.8, 4) is 17.6 Å². The monoisotopic (exact) mass is 557 g/mol. The molecule has 1 aliphatic rings. The van der Waals surface area contributed by atoms with Gasteiger partial charge in [0.25, 0.3) is 0 Å². The maximum Gasteiger partial charge on any atom is 0.223 e. The van der Waals surface area contributed by atoms with Crippen molar-refractivity contribution in [1.82, 2.24) is 4.90 Å². The van der Waals surface area contributed by atoms with E-state index in [2.05, 4.69) is 36.2 Å². The van der Waals surface area contributed by atoms with Crippen LogP contribution in [0.15, 0.2) is 71.6 Å². The first-order valence-electron chi connectivity index (χ1n) is 13.9. The molecule has 0 saturated heterocycles. The largest absolute Gasteiger partial charge is 0.497 e. The van der Waals surface area contributed by atoms with Gasteiger partial charge in [-0.3, -0.25) is 4.79 Å². The summed E-state index contributed by atoms with van der Waals surface area (Å²) >= 11 is 1.61. The van der Waals surface area contributed by atoms with E-state index in [1.165, 1.54) is 11.1 Å². The van der Waals surface area contributed by atoms with Gasteiger partial charge in [-0.15, -0.1) is 0 Å². The average molecular weight is 558 g/mol. The molecule has 3 aromatic rings. The van der Waals surface area contributed by atoms with Gasteiger partial charge >= 0.3 is 0 Å². The number of fused-ring (bicyclic) bond motifs is 1. The zero-order valence-corrected chi connectivity index (χ0v) is 24.8. The first-order chi connectivity index (χ1) is 19.4. The van der Waals surface area contributed by atoms with Crippen molar-refractivity contribution in [2.75, 3.05) is 45.8 Å². The van der Waals surface area contributed by atoms with Crippen molar-refractivity contribution in [3.05, 3.63) is 83.4 Å². The first kappa shape index (κ1) is 29.5. The third-order valence-electron chi connectivity index (χ3n) is 7.60. The number of benzene rings is 3. The third-order valence-corrected chi connectivity index (χ3v) is 8.99. The molecule has 3 aromatic carbocycles. The van der Waals surface area contributed by atoms with E-state index in [1.54, 1.807) is 32.9 Å². The second kappa shape index (κ2) is 13.7. The molecule has 1 aliphatic heterocycles. The topological polar surface area (TPSA) is 65.8 Å². The van der Waals surface area contributed by atoms with Crippen molar-refractivity contribution in [2.24, 2.45) is 0 Å². The van der Waals surface area contributed by atoms with E-state index >= 15 is 0 Å². The molecule has 6 nitrogen and oxygen atoms in total. The Balaban J connectivity index is 1.45. The van der Waals surface area contributed by atoms with E-state index < -0.39 is 4.75 Å². The van der Waals surface area contributed by atoms with Crippen LogP contribution in [0.5, 0.6) is 11.5 Å². The fraction of sp³-hybridized carbons (Fsp3) is 0.394. The van der Waals surface area contributed by atoms with Gasteiger partial charge < -0.3 is 19.3 Å². The van der Waals surface area contributed by atoms with Crippen molar-refractivity contribution in [3.63, 3.8) is 0 Å². The zero-order chi connectivity index (χ0) is 28.5. The molecule has 7 heteroatoms. The Kier molecular flexibility index (Phi) is 10.1. The van der Waals surface area contributed by atoms with Crippen LogP contribution in [-0.4, -0.2) is 51.7 Å². The van der Waals surface area contributed by atoms with Crippen LogP contribution in [0.2, 0.25) is 0 Å². The molecule has 0 saturated carbocycles. The number of likely N-dealkylation sites (N-methyl/N-ethyl adjacent to an activating group) is 1. The van der Waals surface area contributed by atoms with Gasteiger partial charge in [-0.25, -0.2) is 0 Å². The molecule has 0 aliphatic carbocycles. The predicted octanol–water partition coefficient (Wildman–Crippen LogP) is 6.47. The standard InChI is InChI=1S/C33H39N3O3S/c1-25(37)36-21-9-15-30-26(16-17-31(39-4)32(30)36)18-22-35(2)20-10-19-33(24-34,40-29-13-6-5-7-14-29)27-11-8-12-28(23-27)38-3/h5-8,11-14,16-17,23H,9-10,15,18-22H2,1-4H3. The molecule has 0 fully saturated rings. The van der Waals surface area contributed by atoms with Gasteiger partial charge in [0.2, 0.25) is 5.91 Å². The van der Waals surface area contributed by atoms with Crippen LogP contribution in [0.25, 0.3) is 0 Å². The summed E-state index contributed by atoms with van der Waals surface area (Å²) in [6, 6.07) is 24.8. The summed E-state index contributed by atoms with van der Waals surface area (Å²) in [6.45, 7) is 4.12. The number of carbonyl (C=O) groups is 1. The Morgan fingerprint density at radius 3 is 2.58 bits per heavy atom. The Bertz CT molecular complexity index is 1340. The van der Waals surface area contributed by atoms with Crippen LogP contribution in [0.4, 0.5) is 5.69 Å². The van der Waals surface area contributed by atoms with E-state index in [1.807, 2.05) is 53.4 Å². The van der Waals surface area contributed by atoms with Gasteiger partial charge in [-0.1, -0.05) is 48.2 Å². The molecular formula is C33H39N3O3S. The highest BCUT2D eigenvalue weighted by Crippen LogP contribution is 2.45. The molecule has 1 unspecified atom stereocenters. The molecule has 4 rings (SSSR count). The summed E-state index contributed by atoms with van der Waals surface area (Å²) in [4.78, 5) is 17.6. The predicted molar refractivity (Wildman–Crippen MR) is 162 cm³/mol. The molecule has 1 amide bonds. The number of methoxy groups -OCH3 is 2. The minimum absolute atomic E-state index is 0.0545. The van der Waals surface area contributed by atoms with Crippen LogP contribution < -0.4 is 14.4 Å². The van der Waals surface area contributed by atoms with Crippen LogP contribution in [-0.2, 0) is 22.4 Å². The smallest absolute Gasteiger partial charge is 0.223 e. The van der Waals surface area contributed by atoms with Gasteiger partial charge in [0, 0.05) is 24.9 Å². The number of hydrogen-bond acceptors (Lipinski definition) is 6. The maximum atomic E-state index is 12.3. The highest BCUT2D eigenvalue weighted by molar-refractivity contribution is 8.00. The molecule has 0 aromatic heterocycles. The normalized spacial score (nSPS) is 14.2. The summed E-state index contributed by atoms with van der Waals surface area (Å²) in [7, 11) is 5.46. The summed E-state index contributed by atoms with van der Waals surface area (Å²) in [5, 5.41) is 10.5. The maximum absolute atomic E-state index is 12.3. The van der Waals surface area contributed by atoms with E-state index in [9.17, 15) is 10.1 Å². The minimum atomic E-state index is -0.720. The van der Waals surface area contributed by atoms with Gasteiger partial charge in [0.05, 0.1) is 26.0 Å². The fourth-order valence-corrected chi connectivity index (χ4v) is 6.69. The molecule has 0 N–H and O–H groups in total. The number of hydrogen-bond donors (Lipinski definition) is 0. The van der Waals surface area contributed by atoms with Crippen molar-refractivity contribution in [1.29, 1.82) is 5.26 Å². The Hall–Kier alpha value is -3.47. The van der Waals surface area contributed by atoms with Gasteiger partial charge in [0.1, 0.15) is 16.2 Å². The number of rotatable bonds is 12. The van der Waals surface area contributed by atoms with Gasteiger partial charge in [-0.2, -0.15) is 5.26 Å². The van der Waals surface area contributed by atoms with E-state index in [0.29, 0.717) is 6.42 Å². The second-order valence-electron chi connectivity index (χ2n) is 10.3. The van der Waals surface area contributed by atoms with Crippen LogP contribution in [0, 0.1) is 11.3 Å². The zero-order valence-electron chi connectivity index (χ0n) is 24.0. The first-order valence-corrected chi connectivity index (χ1v) is 14.7. The number of carbonyl (C=O) groups excluding carboxylic acids is 1. The average Bonchev–Trinajstić information content (AvgIpc) is 2.99. The Morgan fingerprint density at radius 2 is 1.88 bits per heavy atom. The minimum Gasteiger partial charge on any atom is -0.497 e.